The quantitative estimate of drug-likeness (QED) is 0.896. The van der Waals surface area contributed by atoms with Crippen LogP contribution in [0.5, 0.6) is 0 Å². The molecule has 3 rings (SSSR count). The summed E-state index contributed by atoms with van der Waals surface area (Å²) in [7, 11) is 1.94. The number of nitrogens with zero attached hydrogens (tertiary/aromatic N) is 4. The molecule has 0 radical (unpaired) electrons. The molecule has 0 amide bonds. The third-order valence-corrected chi connectivity index (χ3v) is 4.51. The van der Waals surface area contributed by atoms with E-state index < -0.39 is 0 Å². The van der Waals surface area contributed by atoms with E-state index in [1.165, 1.54) is 25.7 Å². The minimum atomic E-state index is 0.829. The molecule has 0 unspecified atom stereocenters. The standard InChI is InChI=1S/C15H25N5/c1-16-10-13-11-17-15(18-12-13)20-8-6-19(7-9-20)14-4-2-3-5-14/h11-12,14,16H,2-10H2,1H3. The SMILES string of the molecule is CNCc1cnc(N2CCN(C3CCCC3)CC2)nc1. The Balaban J connectivity index is 1.54. The number of nitrogens with one attached hydrogen (secondary N) is 1. The zero-order chi connectivity index (χ0) is 13.8. The van der Waals surface area contributed by atoms with E-state index in [-0.39, 0.29) is 0 Å². The summed E-state index contributed by atoms with van der Waals surface area (Å²) in [5.74, 6) is 0.885. The predicted octanol–water partition coefficient (Wildman–Crippen LogP) is 1.26. The van der Waals surface area contributed by atoms with Crippen molar-refractivity contribution in [3.63, 3.8) is 0 Å². The highest BCUT2D eigenvalue weighted by atomic mass is 15.3. The molecule has 2 fully saturated rings. The molecule has 1 N–H and O–H groups in total. The monoisotopic (exact) mass is 275 g/mol. The smallest absolute Gasteiger partial charge is 0.225 e. The van der Waals surface area contributed by atoms with Crippen molar-refractivity contribution in [2.24, 2.45) is 0 Å². The highest BCUT2D eigenvalue weighted by Gasteiger charge is 2.26. The molecule has 0 aromatic carbocycles. The summed E-state index contributed by atoms with van der Waals surface area (Å²) in [5.41, 5.74) is 1.14. The summed E-state index contributed by atoms with van der Waals surface area (Å²) < 4.78 is 0. The molecule has 2 aliphatic rings. The molecule has 110 valence electrons. The summed E-state index contributed by atoms with van der Waals surface area (Å²) in [6.07, 6.45) is 9.50. The van der Waals surface area contributed by atoms with Crippen molar-refractivity contribution in [2.45, 2.75) is 38.3 Å². The zero-order valence-corrected chi connectivity index (χ0v) is 12.4. The normalized spacial score (nSPS) is 21.6. The number of anilines is 1. The third kappa shape index (κ3) is 3.10. The fraction of sp³-hybridized carbons (Fsp3) is 0.733. The molecule has 1 aromatic heterocycles. The molecule has 0 spiro atoms. The van der Waals surface area contributed by atoms with Crippen molar-refractivity contribution >= 4 is 5.95 Å². The van der Waals surface area contributed by atoms with Gasteiger partial charge < -0.3 is 10.2 Å². The highest BCUT2D eigenvalue weighted by Crippen LogP contribution is 2.24. The molecule has 1 aromatic rings. The van der Waals surface area contributed by atoms with Crippen LogP contribution in [-0.4, -0.2) is 54.1 Å². The fourth-order valence-electron chi connectivity index (χ4n) is 3.36. The number of rotatable bonds is 4. The Labute approximate surface area is 121 Å². The second-order valence-corrected chi connectivity index (χ2v) is 5.88. The van der Waals surface area contributed by atoms with Gasteiger partial charge in [0.15, 0.2) is 0 Å². The van der Waals surface area contributed by atoms with E-state index in [1.54, 1.807) is 0 Å². The highest BCUT2D eigenvalue weighted by molar-refractivity contribution is 5.30. The lowest BCUT2D eigenvalue weighted by atomic mass is 10.2. The maximum atomic E-state index is 4.50. The van der Waals surface area contributed by atoms with Gasteiger partial charge >= 0.3 is 0 Å². The zero-order valence-electron chi connectivity index (χ0n) is 12.4. The Hall–Kier alpha value is -1.20. The largest absolute Gasteiger partial charge is 0.338 e. The lowest BCUT2D eigenvalue weighted by molar-refractivity contribution is 0.187. The van der Waals surface area contributed by atoms with Gasteiger partial charge in [-0.15, -0.1) is 0 Å². The average molecular weight is 275 g/mol. The summed E-state index contributed by atoms with van der Waals surface area (Å²) in [4.78, 5) is 14.0. The van der Waals surface area contributed by atoms with Crippen molar-refractivity contribution in [3.05, 3.63) is 18.0 Å². The van der Waals surface area contributed by atoms with Crippen LogP contribution in [0.15, 0.2) is 12.4 Å². The second-order valence-electron chi connectivity index (χ2n) is 5.88. The van der Waals surface area contributed by atoms with Crippen LogP contribution < -0.4 is 10.2 Å². The molecule has 1 aliphatic carbocycles. The number of aromatic nitrogens is 2. The van der Waals surface area contributed by atoms with Crippen LogP contribution in [0.4, 0.5) is 5.95 Å². The first-order valence-electron chi connectivity index (χ1n) is 7.81. The van der Waals surface area contributed by atoms with E-state index >= 15 is 0 Å². The fourth-order valence-corrected chi connectivity index (χ4v) is 3.36. The lowest BCUT2D eigenvalue weighted by Gasteiger charge is -2.38. The Bertz CT molecular complexity index is 405. The first-order valence-corrected chi connectivity index (χ1v) is 7.81. The van der Waals surface area contributed by atoms with Crippen LogP contribution >= 0.6 is 0 Å². The van der Waals surface area contributed by atoms with Crippen molar-refractivity contribution in [3.8, 4) is 0 Å². The van der Waals surface area contributed by atoms with Crippen LogP contribution in [0.2, 0.25) is 0 Å². The van der Waals surface area contributed by atoms with E-state index in [0.29, 0.717) is 0 Å². The molecule has 20 heavy (non-hydrogen) atoms. The van der Waals surface area contributed by atoms with Gasteiger partial charge in [-0.3, -0.25) is 4.90 Å². The Kier molecular flexibility index (Phi) is 4.47. The van der Waals surface area contributed by atoms with Crippen molar-refractivity contribution in [2.75, 3.05) is 38.1 Å². The molecule has 1 saturated heterocycles. The summed E-state index contributed by atoms with van der Waals surface area (Å²) in [6.45, 7) is 5.26. The van der Waals surface area contributed by atoms with Crippen LogP contribution in [-0.2, 0) is 6.54 Å². The van der Waals surface area contributed by atoms with E-state index in [9.17, 15) is 0 Å². The van der Waals surface area contributed by atoms with Gasteiger partial charge in [-0.2, -0.15) is 0 Å². The summed E-state index contributed by atoms with van der Waals surface area (Å²) in [6, 6.07) is 0.844. The molecule has 5 nitrogen and oxygen atoms in total. The van der Waals surface area contributed by atoms with Gasteiger partial charge in [0.2, 0.25) is 5.95 Å². The minimum absolute atomic E-state index is 0.829. The van der Waals surface area contributed by atoms with E-state index in [2.05, 4.69) is 25.1 Å². The molecule has 0 bridgehead atoms. The first-order chi connectivity index (χ1) is 9.86. The molecule has 5 heteroatoms. The Morgan fingerprint density at radius 1 is 1.10 bits per heavy atom. The van der Waals surface area contributed by atoms with Crippen LogP contribution in [0.25, 0.3) is 0 Å². The average Bonchev–Trinajstić information content (AvgIpc) is 3.03. The van der Waals surface area contributed by atoms with Gasteiger partial charge in [-0.05, 0) is 19.9 Å². The summed E-state index contributed by atoms with van der Waals surface area (Å²) >= 11 is 0. The van der Waals surface area contributed by atoms with Gasteiger partial charge in [-0.25, -0.2) is 9.97 Å². The number of piperazine rings is 1. The first kappa shape index (κ1) is 13.8. The predicted molar refractivity (Wildman–Crippen MR) is 80.8 cm³/mol. The Morgan fingerprint density at radius 2 is 1.75 bits per heavy atom. The minimum Gasteiger partial charge on any atom is -0.338 e. The molecular weight excluding hydrogens is 250 g/mol. The van der Waals surface area contributed by atoms with Gasteiger partial charge in [0.25, 0.3) is 0 Å². The molecule has 1 saturated carbocycles. The van der Waals surface area contributed by atoms with Crippen molar-refractivity contribution < 1.29 is 0 Å². The van der Waals surface area contributed by atoms with Crippen LogP contribution in [0, 0.1) is 0 Å². The molecule has 0 atom stereocenters. The number of hydrogen-bond donors (Lipinski definition) is 1. The maximum absolute atomic E-state index is 4.50. The third-order valence-electron chi connectivity index (χ3n) is 4.51. The van der Waals surface area contributed by atoms with E-state index in [4.69, 9.17) is 0 Å². The molecule has 2 heterocycles. The maximum Gasteiger partial charge on any atom is 0.225 e. The van der Waals surface area contributed by atoms with E-state index in [0.717, 1.165) is 50.3 Å². The van der Waals surface area contributed by atoms with Gasteiger partial charge in [0.1, 0.15) is 0 Å². The van der Waals surface area contributed by atoms with Crippen molar-refractivity contribution in [1.29, 1.82) is 0 Å². The van der Waals surface area contributed by atoms with Gasteiger partial charge in [0, 0.05) is 56.7 Å². The van der Waals surface area contributed by atoms with E-state index in [1.807, 2.05) is 19.4 Å². The number of hydrogen-bond acceptors (Lipinski definition) is 5. The van der Waals surface area contributed by atoms with Gasteiger partial charge in [0.05, 0.1) is 0 Å². The van der Waals surface area contributed by atoms with Crippen molar-refractivity contribution in [1.82, 2.24) is 20.2 Å². The summed E-state index contributed by atoms with van der Waals surface area (Å²) in [5, 5.41) is 3.12. The molecule has 1 aliphatic heterocycles. The Morgan fingerprint density at radius 3 is 2.35 bits per heavy atom. The molecular formula is C15H25N5. The van der Waals surface area contributed by atoms with Crippen LogP contribution in [0.1, 0.15) is 31.2 Å². The lowest BCUT2D eigenvalue weighted by Crippen LogP contribution is -2.50. The topological polar surface area (TPSA) is 44.3 Å². The van der Waals surface area contributed by atoms with Gasteiger partial charge in [-0.1, -0.05) is 12.8 Å². The van der Waals surface area contributed by atoms with Crippen LogP contribution in [0.3, 0.4) is 0 Å². The second kappa shape index (κ2) is 6.50.